The van der Waals surface area contributed by atoms with Gasteiger partial charge in [-0.15, -0.1) is 4.91 Å². The fourth-order valence-corrected chi connectivity index (χ4v) is 7.71. The minimum Gasteiger partial charge on any atom is -0.474 e. The van der Waals surface area contributed by atoms with Crippen molar-refractivity contribution in [2.24, 2.45) is 12.2 Å². The summed E-state index contributed by atoms with van der Waals surface area (Å²) >= 11 is 0. The number of pyridine rings is 2. The van der Waals surface area contributed by atoms with Crippen molar-refractivity contribution < 1.29 is 22.5 Å². The number of anilines is 4. The molecule has 284 valence electrons. The molecule has 2 aliphatic heterocycles. The van der Waals surface area contributed by atoms with E-state index in [0.717, 1.165) is 37.2 Å². The second-order valence-corrected chi connectivity index (χ2v) is 14.8. The third-order valence-electron chi connectivity index (χ3n) is 10.1. The molecule has 19 heteroatoms. The van der Waals surface area contributed by atoms with Gasteiger partial charge in [0.25, 0.3) is 12.4 Å². The van der Waals surface area contributed by atoms with Crippen LogP contribution in [-0.4, -0.2) is 122 Å². The fourth-order valence-electron chi connectivity index (χ4n) is 7.00. The fraction of sp³-hybridized carbons (Fsp3) is 0.559. The van der Waals surface area contributed by atoms with Gasteiger partial charge in [0.1, 0.15) is 22.9 Å². The number of piperazine rings is 1. The minimum atomic E-state index is -2.32. The molecule has 4 aromatic rings. The molecular formula is C34H44F2N12O4S. The molecule has 0 amide bonds. The van der Waals surface area contributed by atoms with Crippen molar-refractivity contribution in [3.8, 4) is 5.88 Å². The Morgan fingerprint density at radius 1 is 0.981 bits per heavy atom. The van der Waals surface area contributed by atoms with Crippen molar-refractivity contribution in [1.29, 1.82) is 0 Å². The lowest BCUT2D eigenvalue weighted by atomic mass is 9.93. The first kappa shape index (κ1) is 36.7. The number of nitrogens with one attached hydrogen (secondary N) is 1. The Balaban J connectivity index is 1.03. The maximum absolute atomic E-state index is 13.0. The standard InChI is InChI=1S/C34H44F2N12O4S/c1-44-26(20-40-34(44)43-49)21-48(53(2)50)24-15-28-29(37-17-24)16-31(47-11-13-51-14-12-47)42-32(28)52-27-5-3-23(4-6-27)41-33-38-18-25(19-39-33)46-9-7-45(8-10-46)22-30(35)36/h15-20,23,27,30H,3-14,21-22H2,1-2H3,(H,38,39,41). The highest BCUT2D eigenvalue weighted by Crippen LogP contribution is 2.34. The average Bonchev–Trinajstić information content (AvgIpc) is 3.53. The zero-order chi connectivity index (χ0) is 36.9. The molecule has 3 aliphatic rings. The van der Waals surface area contributed by atoms with Crippen molar-refractivity contribution in [2.75, 3.05) is 84.7 Å². The summed E-state index contributed by atoms with van der Waals surface area (Å²) < 4.78 is 54.0. The molecule has 0 aromatic carbocycles. The van der Waals surface area contributed by atoms with E-state index in [-0.39, 0.29) is 31.2 Å². The summed E-state index contributed by atoms with van der Waals surface area (Å²) in [6.07, 6.45) is 9.27. The first-order valence-corrected chi connectivity index (χ1v) is 19.3. The number of nitrogens with zero attached hydrogens (tertiary/aromatic N) is 11. The van der Waals surface area contributed by atoms with Crippen LogP contribution in [0.2, 0.25) is 0 Å². The lowest BCUT2D eigenvalue weighted by Gasteiger charge is -2.35. The monoisotopic (exact) mass is 754 g/mol. The summed E-state index contributed by atoms with van der Waals surface area (Å²) in [7, 11) is 0.262. The molecule has 0 spiro atoms. The molecule has 7 rings (SSSR count). The maximum Gasteiger partial charge on any atom is 0.271 e. The Morgan fingerprint density at radius 3 is 2.38 bits per heavy atom. The Labute approximate surface area is 308 Å². The SMILES string of the molecule is Cn1c(CN(c2cnc3cc(N4CCOCC4)nc(OC4CCC(Nc5ncc(N6CCN(CC(F)F)CC6)cn5)CC4)c3c2)S(C)=O)cnc1N=O. The van der Waals surface area contributed by atoms with E-state index < -0.39 is 17.4 Å². The Kier molecular flexibility index (Phi) is 11.5. The molecule has 1 saturated carbocycles. The van der Waals surface area contributed by atoms with Crippen LogP contribution in [0.15, 0.2) is 42.1 Å². The molecule has 1 aliphatic carbocycles. The van der Waals surface area contributed by atoms with E-state index in [0.29, 0.717) is 86.6 Å². The smallest absolute Gasteiger partial charge is 0.271 e. The number of ether oxygens (including phenoxy) is 2. The van der Waals surface area contributed by atoms with Gasteiger partial charge in [-0.3, -0.25) is 14.2 Å². The molecule has 2 saturated heterocycles. The zero-order valence-electron chi connectivity index (χ0n) is 29.8. The molecule has 6 heterocycles. The highest BCUT2D eigenvalue weighted by molar-refractivity contribution is 7.85. The van der Waals surface area contributed by atoms with Gasteiger partial charge in [0.05, 0.1) is 79.1 Å². The number of hydrogen-bond acceptors (Lipinski definition) is 14. The van der Waals surface area contributed by atoms with Crippen LogP contribution in [-0.2, 0) is 29.3 Å². The molecule has 53 heavy (non-hydrogen) atoms. The van der Waals surface area contributed by atoms with Gasteiger partial charge in [-0.05, 0) is 31.7 Å². The molecular weight excluding hydrogens is 711 g/mol. The van der Waals surface area contributed by atoms with Gasteiger partial charge in [0.15, 0.2) is 0 Å². The molecule has 1 atom stereocenters. The Morgan fingerprint density at radius 2 is 1.72 bits per heavy atom. The largest absolute Gasteiger partial charge is 0.474 e. The van der Waals surface area contributed by atoms with E-state index in [9.17, 15) is 17.9 Å². The number of halogens is 2. The van der Waals surface area contributed by atoms with Gasteiger partial charge in [-0.25, -0.2) is 27.9 Å². The van der Waals surface area contributed by atoms with Crippen LogP contribution in [0.4, 0.5) is 37.9 Å². The minimum absolute atomic E-state index is 0.0434. The predicted molar refractivity (Wildman–Crippen MR) is 198 cm³/mol. The van der Waals surface area contributed by atoms with Crippen LogP contribution in [0.3, 0.4) is 0 Å². The Bertz CT molecular complexity index is 1880. The normalized spacial score (nSPS) is 20.5. The predicted octanol–water partition coefficient (Wildman–Crippen LogP) is 3.88. The van der Waals surface area contributed by atoms with Crippen LogP contribution in [0.5, 0.6) is 5.88 Å². The van der Waals surface area contributed by atoms with Crippen molar-refractivity contribution >= 4 is 51.0 Å². The Hall–Kier alpha value is -4.62. The number of aromatic nitrogens is 6. The van der Waals surface area contributed by atoms with E-state index in [1.54, 1.807) is 51.9 Å². The topological polar surface area (TPSA) is 159 Å². The van der Waals surface area contributed by atoms with Crippen LogP contribution in [0.25, 0.3) is 10.9 Å². The quantitative estimate of drug-likeness (QED) is 0.196. The first-order valence-electron chi connectivity index (χ1n) is 17.8. The van der Waals surface area contributed by atoms with Gasteiger partial charge >= 0.3 is 0 Å². The molecule has 0 bridgehead atoms. The molecule has 4 aromatic heterocycles. The van der Waals surface area contributed by atoms with E-state index in [2.05, 4.69) is 35.2 Å². The number of alkyl halides is 2. The van der Waals surface area contributed by atoms with Crippen LogP contribution < -0.4 is 24.2 Å². The number of imidazole rings is 1. The van der Waals surface area contributed by atoms with Crippen molar-refractivity contribution in [3.63, 3.8) is 0 Å². The third kappa shape index (κ3) is 8.79. The van der Waals surface area contributed by atoms with Crippen LogP contribution in [0.1, 0.15) is 31.4 Å². The average molecular weight is 755 g/mol. The molecule has 16 nitrogen and oxygen atoms in total. The lowest BCUT2D eigenvalue weighted by molar-refractivity contribution is 0.0854. The number of morpholine rings is 1. The zero-order valence-corrected chi connectivity index (χ0v) is 30.6. The molecule has 3 fully saturated rings. The second kappa shape index (κ2) is 16.6. The molecule has 0 radical (unpaired) electrons. The van der Waals surface area contributed by atoms with Gasteiger partial charge in [0.2, 0.25) is 11.8 Å². The van der Waals surface area contributed by atoms with Crippen LogP contribution >= 0.6 is 0 Å². The first-order chi connectivity index (χ1) is 25.7. The third-order valence-corrected chi connectivity index (χ3v) is 11.0. The number of hydrogen-bond donors (Lipinski definition) is 1. The number of fused-ring (bicyclic) bond motifs is 1. The van der Waals surface area contributed by atoms with Crippen molar-refractivity contribution in [1.82, 2.24) is 34.4 Å². The summed E-state index contributed by atoms with van der Waals surface area (Å²) in [5.74, 6) is 1.84. The highest BCUT2D eigenvalue weighted by atomic mass is 32.2. The van der Waals surface area contributed by atoms with Crippen molar-refractivity contribution in [2.45, 2.75) is 50.8 Å². The summed E-state index contributed by atoms with van der Waals surface area (Å²) in [4.78, 5) is 40.2. The number of rotatable bonds is 13. The lowest BCUT2D eigenvalue weighted by Crippen LogP contribution is -2.47. The van der Waals surface area contributed by atoms with Gasteiger partial charge in [0, 0.05) is 69.9 Å². The van der Waals surface area contributed by atoms with E-state index in [4.69, 9.17) is 19.4 Å². The molecule has 1 unspecified atom stereocenters. The van der Waals surface area contributed by atoms with Crippen LogP contribution in [0, 0.1) is 4.91 Å². The summed E-state index contributed by atoms with van der Waals surface area (Å²) in [6.45, 7) is 5.15. The number of nitroso groups, excluding NO2 is 1. The van der Waals surface area contributed by atoms with E-state index in [1.807, 2.05) is 12.1 Å². The van der Waals surface area contributed by atoms with Gasteiger partial charge < -0.3 is 29.2 Å². The summed E-state index contributed by atoms with van der Waals surface area (Å²) in [5, 5.41) is 7.13. The van der Waals surface area contributed by atoms with E-state index >= 15 is 0 Å². The molecule has 1 N–H and O–H groups in total. The van der Waals surface area contributed by atoms with Crippen molar-refractivity contribution in [3.05, 3.63) is 47.5 Å². The van der Waals surface area contributed by atoms with E-state index in [1.165, 1.54) is 0 Å². The highest BCUT2D eigenvalue weighted by Gasteiger charge is 2.27. The van der Waals surface area contributed by atoms with Gasteiger partial charge in [-0.1, -0.05) is 0 Å². The summed E-state index contributed by atoms with van der Waals surface area (Å²) in [6, 6.07) is 4.03. The van der Waals surface area contributed by atoms with Gasteiger partial charge in [-0.2, -0.15) is 4.98 Å². The summed E-state index contributed by atoms with van der Waals surface area (Å²) in [5.41, 5.74) is 2.87. The second-order valence-electron chi connectivity index (χ2n) is 13.5. The maximum atomic E-state index is 13.0.